The molecule has 0 spiro atoms. The standard InChI is InChI=1S/C12H20O/c1-3-4-7(6-13-2)10-11-8-5-9(8)12(10)11/h7-12H,3-6H2,1-2H3. The van der Waals surface area contributed by atoms with E-state index in [1.54, 1.807) is 6.42 Å². The van der Waals surface area contributed by atoms with Crippen LogP contribution in [0.15, 0.2) is 0 Å². The largest absolute Gasteiger partial charge is 0.384 e. The maximum absolute atomic E-state index is 5.33. The SMILES string of the molecule is CCCC(COC)C1C2C3CC3C12. The molecular formula is C12H20O. The van der Waals surface area contributed by atoms with Crippen LogP contribution in [-0.4, -0.2) is 13.7 Å². The highest BCUT2D eigenvalue weighted by Gasteiger charge is 2.77. The Hall–Kier alpha value is -0.0400. The Morgan fingerprint density at radius 1 is 1.31 bits per heavy atom. The predicted molar refractivity (Wildman–Crippen MR) is 52.3 cm³/mol. The first-order valence-electron chi connectivity index (χ1n) is 5.87. The van der Waals surface area contributed by atoms with E-state index < -0.39 is 0 Å². The molecule has 1 nitrogen and oxygen atoms in total. The molecule has 0 aliphatic heterocycles. The van der Waals surface area contributed by atoms with Crippen molar-refractivity contribution in [2.45, 2.75) is 26.2 Å². The van der Waals surface area contributed by atoms with Gasteiger partial charge in [0, 0.05) is 13.7 Å². The molecule has 74 valence electrons. The number of hydrogen-bond acceptors (Lipinski definition) is 1. The van der Waals surface area contributed by atoms with Crippen molar-refractivity contribution in [2.75, 3.05) is 13.7 Å². The summed E-state index contributed by atoms with van der Waals surface area (Å²) in [5.74, 6) is 6.69. The lowest BCUT2D eigenvalue weighted by atomic mass is 9.97. The zero-order chi connectivity index (χ0) is 9.00. The molecule has 5 atom stereocenters. The maximum atomic E-state index is 5.33. The van der Waals surface area contributed by atoms with Crippen LogP contribution < -0.4 is 0 Å². The maximum Gasteiger partial charge on any atom is 0.0493 e. The van der Waals surface area contributed by atoms with Gasteiger partial charge in [0.2, 0.25) is 0 Å². The highest BCUT2D eigenvalue weighted by molar-refractivity contribution is 5.24. The van der Waals surface area contributed by atoms with Gasteiger partial charge >= 0.3 is 0 Å². The molecule has 3 rings (SSSR count). The van der Waals surface area contributed by atoms with Gasteiger partial charge in [-0.15, -0.1) is 0 Å². The molecule has 0 heterocycles. The van der Waals surface area contributed by atoms with E-state index in [1.807, 2.05) is 7.11 Å². The Balaban J connectivity index is 1.57. The van der Waals surface area contributed by atoms with Gasteiger partial charge in [-0.05, 0) is 48.3 Å². The van der Waals surface area contributed by atoms with E-state index in [9.17, 15) is 0 Å². The highest BCUT2D eigenvalue weighted by Crippen LogP contribution is 2.81. The van der Waals surface area contributed by atoms with Crippen LogP contribution in [0.3, 0.4) is 0 Å². The van der Waals surface area contributed by atoms with Gasteiger partial charge in [0.05, 0.1) is 0 Å². The average Bonchev–Trinajstić information content (AvgIpc) is 2.88. The third kappa shape index (κ3) is 1.03. The van der Waals surface area contributed by atoms with Crippen LogP contribution >= 0.6 is 0 Å². The summed E-state index contributed by atoms with van der Waals surface area (Å²) in [6.07, 6.45) is 4.31. The van der Waals surface area contributed by atoms with Crippen molar-refractivity contribution < 1.29 is 4.74 Å². The van der Waals surface area contributed by atoms with Crippen LogP contribution in [0.25, 0.3) is 0 Å². The summed E-state index contributed by atoms with van der Waals surface area (Å²) in [5, 5.41) is 0. The zero-order valence-electron chi connectivity index (χ0n) is 8.70. The Labute approximate surface area is 80.8 Å². The van der Waals surface area contributed by atoms with E-state index >= 15 is 0 Å². The van der Waals surface area contributed by atoms with Crippen molar-refractivity contribution in [2.24, 2.45) is 35.5 Å². The van der Waals surface area contributed by atoms with E-state index in [0.29, 0.717) is 0 Å². The smallest absolute Gasteiger partial charge is 0.0493 e. The molecule has 0 radical (unpaired) electrons. The van der Waals surface area contributed by atoms with Crippen molar-refractivity contribution in [1.82, 2.24) is 0 Å². The molecule has 0 amide bonds. The summed E-state index contributed by atoms with van der Waals surface area (Å²) in [4.78, 5) is 0. The Bertz CT molecular complexity index is 193. The first-order valence-corrected chi connectivity index (χ1v) is 5.87. The molecule has 3 fully saturated rings. The molecule has 3 aliphatic carbocycles. The van der Waals surface area contributed by atoms with Crippen LogP contribution in [0.2, 0.25) is 0 Å². The van der Waals surface area contributed by atoms with Crippen LogP contribution in [0.1, 0.15) is 26.2 Å². The molecule has 13 heavy (non-hydrogen) atoms. The molecule has 1 heteroatoms. The number of fused-ring (bicyclic) bond motifs is 4. The van der Waals surface area contributed by atoms with Gasteiger partial charge in [0.1, 0.15) is 0 Å². The topological polar surface area (TPSA) is 9.23 Å². The lowest BCUT2D eigenvalue weighted by Crippen LogP contribution is -2.11. The predicted octanol–water partition coefficient (Wildman–Crippen LogP) is 2.56. The second kappa shape index (κ2) is 2.73. The van der Waals surface area contributed by atoms with Gasteiger partial charge < -0.3 is 4.74 Å². The van der Waals surface area contributed by atoms with Crippen LogP contribution in [-0.2, 0) is 4.74 Å². The monoisotopic (exact) mass is 180 g/mol. The Kier molecular flexibility index (Phi) is 1.74. The molecule has 0 aromatic rings. The zero-order valence-corrected chi connectivity index (χ0v) is 8.70. The van der Waals surface area contributed by atoms with Crippen LogP contribution in [0, 0.1) is 35.5 Å². The van der Waals surface area contributed by atoms with Gasteiger partial charge in [-0.2, -0.15) is 0 Å². The fraction of sp³-hybridized carbons (Fsp3) is 1.00. The summed E-state index contributed by atoms with van der Waals surface area (Å²) in [7, 11) is 1.85. The van der Waals surface area contributed by atoms with E-state index in [2.05, 4.69) is 6.92 Å². The fourth-order valence-corrected chi connectivity index (χ4v) is 4.10. The van der Waals surface area contributed by atoms with Gasteiger partial charge in [0.15, 0.2) is 0 Å². The molecule has 0 N–H and O–H groups in total. The molecule has 3 aliphatic rings. The lowest BCUT2D eigenvalue weighted by Gasteiger charge is -2.14. The summed E-state index contributed by atoms with van der Waals surface area (Å²) in [5.41, 5.74) is 0. The van der Waals surface area contributed by atoms with E-state index in [0.717, 1.165) is 30.3 Å². The third-order valence-electron chi connectivity index (χ3n) is 4.66. The van der Waals surface area contributed by atoms with Gasteiger partial charge in [-0.1, -0.05) is 13.3 Å². The number of methoxy groups -OCH3 is 1. The minimum absolute atomic E-state index is 0.901. The quantitative estimate of drug-likeness (QED) is 0.632. The molecule has 0 saturated heterocycles. The molecule has 0 bridgehead atoms. The first-order chi connectivity index (χ1) is 6.38. The lowest BCUT2D eigenvalue weighted by molar-refractivity contribution is 0.132. The molecule has 0 aromatic heterocycles. The van der Waals surface area contributed by atoms with Crippen molar-refractivity contribution in [3.63, 3.8) is 0 Å². The summed E-state index contributed by atoms with van der Waals surface area (Å²) in [6.45, 7) is 3.32. The Morgan fingerprint density at radius 2 is 2.00 bits per heavy atom. The van der Waals surface area contributed by atoms with Crippen molar-refractivity contribution in [3.8, 4) is 0 Å². The second-order valence-electron chi connectivity index (χ2n) is 5.30. The van der Waals surface area contributed by atoms with Crippen LogP contribution in [0.4, 0.5) is 0 Å². The van der Waals surface area contributed by atoms with Crippen molar-refractivity contribution >= 4 is 0 Å². The Morgan fingerprint density at radius 3 is 2.54 bits per heavy atom. The number of ether oxygens (including phenoxy) is 1. The summed E-state index contributed by atoms with van der Waals surface area (Å²) in [6, 6.07) is 0. The minimum atomic E-state index is 0.901. The van der Waals surface area contributed by atoms with E-state index in [1.165, 1.54) is 24.7 Å². The second-order valence-corrected chi connectivity index (χ2v) is 5.30. The number of hydrogen-bond donors (Lipinski definition) is 0. The van der Waals surface area contributed by atoms with E-state index in [-0.39, 0.29) is 0 Å². The summed E-state index contributed by atoms with van der Waals surface area (Å²) >= 11 is 0. The fourth-order valence-electron chi connectivity index (χ4n) is 4.10. The molecule has 3 saturated carbocycles. The van der Waals surface area contributed by atoms with Crippen LogP contribution in [0.5, 0.6) is 0 Å². The number of rotatable bonds is 5. The average molecular weight is 180 g/mol. The molecular weight excluding hydrogens is 160 g/mol. The van der Waals surface area contributed by atoms with Gasteiger partial charge in [-0.25, -0.2) is 0 Å². The van der Waals surface area contributed by atoms with Gasteiger partial charge in [0.25, 0.3) is 0 Å². The van der Waals surface area contributed by atoms with Crippen molar-refractivity contribution in [3.05, 3.63) is 0 Å². The minimum Gasteiger partial charge on any atom is -0.384 e. The molecule has 5 unspecified atom stereocenters. The van der Waals surface area contributed by atoms with E-state index in [4.69, 9.17) is 4.74 Å². The van der Waals surface area contributed by atoms with Crippen molar-refractivity contribution in [1.29, 1.82) is 0 Å². The highest BCUT2D eigenvalue weighted by atomic mass is 16.5. The third-order valence-corrected chi connectivity index (χ3v) is 4.66. The van der Waals surface area contributed by atoms with Gasteiger partial charge in [-0.3, -0.25) is 0 Å². The molecule has 0 aromatic carbocycles. The first kappa shape index (κ1) is 8.28. The normalized spacial score (nSPS) is 51.7. The summed E-state index contributed by atoms with van der Waals surface area (Å²) < 4.78 is 5.33.